The molecule has 0 aliphatic carbocycles. The molecule has 0 saturated heterocycles. The summed E-state index contributed by atoms with van der Waals surface area (Å²) in [5.74, 6) is -0.00768. The molecule has 26 heavy (non-hydrogen) atoms. The zero-order valence-electron chi connectivity index (χ0n) is 15.0. The molecule has 0 radical (unpaired) electrons. The van der Waals surface area contributed by atoms with Crippen LogP contribution in [0.25, 0.3) is 22.4 Å². The molecule has 0 spiro atoms. The third-order valence-electron chi connectivity index (χ3n) is 4.11. The number of carbonyl (C=O) groups excluding carboxylic acids is 1. The minimum atomic E-state index is -0.611. The highest BCUT2D eigenvalue weighted by Gasteiger charge is 2.23. The van der Waals surface area contributed by atoms with Gasteiger partial charge in [0.05, 0.1) is 30.5 Å². The number of anilines is 1. The quantitative estimate of drug-likeness (QED) is 0.675. The molecule has 2 aromatic heterocycles. The van der Waals surface area contributed by atoms with E-state index in [0.29, 0.717) is 21.9 Å². The summed E-state index contributed by atoms with van der Waals surface area (Å²) in [6.45, 7) is 5.71. The van der Waals surface area contributed by atoms with E-state index in [1.54, 1.807) is 20.1 Å². The minimum Gasteiger partial charge on any atom is -0.496 e. The molecule has 2 heterocycles. The average molecular weight is 375 g/mol. The minimum absolute atomic E-state index is 0.0384. The summed E-state index contributed by atoms with van der Waals surface area (Å²) in [7, 11) is 1.58. The lowest BCUT2D eigenvalue weighted by atomic mass is 10.0. The number of fused-ring (bicyclic) bond motifs is 1. The van der Waals surface area contributed by atoms with Gasteiger partial charge in [0.1, 0.15) is 5.75 Å². The van der Waals surface area contributed by atoms with E-state index in [0.717, 1.165) is 16.7 Å². The fraction of sp³-hybridized carbons (Fsp3) is 0.263. The standard InChI is InChI=1S/C19H19ClN2O4/c1-5-25-19(23)17-16(21)15-10(3)6-13(22-18(15)26-17)11-8-12(20)9(2)7-14(11)24-4/h6-8H,5,21H2,1-4H3. The van der Waals surface area contributed by atoms with Crippen LogP contribution in [0.4, 0.5) is 5.69 Å². The molecule has 7 heteroatoms. The lowest BCUT2D eigenvalue weighted by molar-refractivity contribution is 0.0494. The van der Waals surface area contributed by atoms with E-state index in [4.69, 9.17) is 31.2 Å². The molecule has 2 N–H and O–H groups in total. The number of hydrogen-bond donors (Lipinski definition) is 1. The van der Waals surface area contributed by atoms with E-state index in [9.17, 15) is 4.79 Å². The van der Waals surface area contributed by atoms with Crippen molar-refractivity contribution in [3.05, 3.63) is 40.1 Å². The van der Waals surface area contributed by atoms with Crippen molar-refractivity contribution in [2.24, 2.45) is 0 Å². The Hall–Kier alpha value is -2.73. The van der Waals surface area contributed by atoms with Gasteiger partial charge in [-0.15, -0.1) is 0 Å². The number of esters is 1. The maximum atomic E-state index is 12.0. The Morgan fingerprint density at radius 1 is 1.27 bits per heavy atom. The van der Waals surface area contributed by atoms with E-state index in [1.165, 1.54) is 0 Å². The molecular weight excluding hydrogens is 356 g/mol. The lowest BCUT2D eigenvalue weighted by Crippen LogP contribution is -2.05. The predicted octanol–water partition coefficient (Wildman–Crippen LogP) is 4.53. The van der Waals surface area contributed by atoms with Crippen LogP contribution in [0.3, 0.4) is 0 Å². The van der Waals surface area contributed by atoms with Crippen LogP contribution in [0.15, 0.2) is 22.6 Å². The van der Waals surface area contributed by atoms with E-state index >= 15 is 0 Å². The molecule has 3 aromatic rings. The monoisotopic (exact) mass is 374 g/mol. The number of aryl methyl sites for hydroxylation is 2. The molecule has 0 saturated carbocycles. The fourth-order valence-electron chi connectivity index (χ4n) is 2.82. The Morgan fingerprint density at radius 2 is 2.00 bits per heavy atom. The van der Waals surface area contributed by atoms with Crippen molar-refractivity contribution in [3.63, 3.8) is 0 Å². The largest absolute Gasteiger partial charge is 0.496 e. The number of nitrogens with two attached hydrogens (primary N) is 1. The predicted molar refractivity (Wildman–Crippen MR) is 101 cm³/mol. The summed E-state index contributed by atoms with van der Waals surface area (Å²) in [6, 6.07) is 5.49. The number of aromatic nitrogens is 1. The number of halogens is 1. The Labute approximate surface area is 155 Å². The number of pyridine rings is 1. The summed E-state index contributed by atoms with van der Waals surface area (Å²) < 4.78 is 16.0. The highest BCUT2D eigenvalue weighted by atomic mass is 35.5. The second-order valence-electron chi connectivity index (χ2n) is 5.87. The van der Waals surface area contributed by atoms with Gasteiger partial charge in [0.15, 0.2) is 0 Å². The first-order valence-corrected chi connectivity index (χ1v) is 8.46. The third-order valence-corrected chi connectivity index (χ3v) is 4.52. The first-order valence-electron chi connectivity index (χ1n) is 8.08. The van der Waals surface area contributed by atoms with Crippen molar-refractivity contribution in [1.82, 2.24) is 4.98 Å². The molecule has 0 aliphatic rings. The van der Waals surface area contributed by atoms with Crippen molar-refractivity contribution < 1.29 is 18.7 Å². The summed E-state index contributed by atoms with van der Waals surface area (Å²) in [6.07, 6.45) is 0. The zero-order valence-corrected chi connectivity index (χ0v) is 15.7. The number of nitrogens with zero attached hydrogens (tertiary/aromatic N) is 1. The van der Waals surface area contributed by atoms with Gasteiger partial charge in [-0.2, -0.15) is 0 Å². The second-order valence-corrected chi connectivity index (χ2v) is 6.28. The molecule has 0 unspecified atom stereocenters. The normalized spacial score (nSPS) is 11.0. The van der Waals surface area contributed by atoms with Crippen molar-refractivity contribution >= 4 is 34.4 Å². The highest BCUT2D eigenvalue weighted by Crippen LogP contribution is 2.37. The van der Waals surface area contributed by atoms with Crippen molar-refractivity contribution in [3.8, 4) is 17.0 Å². The number of methoxy groups -OCH3 is 1. The molecule has 0 bridgehead atoms. The van der Waals surface area contributed by atoms with Crippen molar-refractivity contribution in [2.75, 3.05) is 19.5 Å². The van der Waals surface area contributed by atoms with Gasteiger partial charge in [0.2, 0.25) is 11.5 Å². The van der Waals surface area contributed by atoms with E-state index < -0.39 is 5.97 Å². The van der Waals surface area contributed by atoms with Gasteiger partial charge < -0.3 is 19.6 Å². The van der Waals surface area contributed by atoms with Crippen LogP contribution < -0.4 is 10.5 Å². The molecule has 1 aromatic carbocycles. The van der Waals surface area contributed by atoms with E-state index in [2.05, 4.69) is 4.98 Å². The van der Waals surface area contributed by atoms with E-state index in [1.807, 2.05) is 26.0 Å². The Balaban J connectivity index is 2.22. The molecule has 0 atom stereocenters. The van der Waals surface area contributed by atoms with E-state index in [-0.39, 0.29) is 23.8 Å². The molecule has 0 aliphatic heterocycles. The molecule has 3 rings (SSSR count). The lowest BCUT2D eigenvalue weighted by Gasteiger charge is -2.11. The van der Waals surface area contributed by atoms with Crippen LogP contribution in [0.5, 0.6) is 5.75 Å². The summed E-state index contributed by atoms with van der Waals surface area (Å²) in [5.41, 5.74) is 9.62. The average Bonchev–Trinajstić information content (AvgIpc) is 2.94. The SMILES string of the molecule is CCOC(=O)c1oc2nc(-c3cc(Cl)c(C)cc3OC)cc(C)c2c1N. The smallest absolute Gasteiger partial charge is 0.376 e. The number of hydrogen-bond acceptors (Lipinski definition) is 6. The summed E-state index contributed by atoms with van der Waals surface area (Å²) in [4.78, 5) is 16.5. The van der Waals surface area contributed by atoms with Gasteiger partial charge in [-0.05, 0) is 50.1 Å². The highest BCUT2D eigenvalue weighted by molar-refractivity contribution is 6.31. The van der Waals surface area contributed by atoms with Gasteiger partial charge in [-0.25, -0.2) is 9.78 Å². The number of furan rings is 1. The number of ether oxygens (including phenoxy) is 2. The topological polar surface area (TPSA) is 87.6 Å². The number of nitrogen functional groups attached to an aromatic ring is 1. The van der Waals surface area contributed by atoms with Gasteiger partial charge in [0, 0.05) is 10.6 Å². The number of carbonyl (C=O) groups is 1. The fourth-order valence-corrected chi connectivity index (χ4v) is 2.98. The Morgan fingerprint density at radius 3 is 2.65 bits per heavy atom. The zero-order chi connectivity index (χ0) is 19.0. The first-order chi connectivity index (χ1) is 12.4. The summed E-state index contributed by atoms with van der Waals surface area (Å²) >= 11 is 6.27. The van der Waals surface area contributed by atoms with Gasteiger partial charge >= 0.3 is 5.97 Å². The van der Waals surface area contributed by atoms with Crippen LogP contribution in [0.1, 0.15) is 28.6 Å². The number of benzene rings is 1. The van der Waals surface area contributed by atoms with Gasteiger partial charge in [-0.1, -0.05) is 11.6 Å². The van der Waals surface area contributed by atoms with Gasteiger partial charge in [-0.3, -0.25) is 0 Å². The van der Waals surface area contributed by atoms with Crippen LogP contribution in [-0.4, -0.2) is 24.7 Å². The molecule has 0 fully saturated rings. The maximum absolute atomic E-state index is 12.0. The second kappa shape index (κ2) is 6.88. The Kier molecular flexibility index (Phi) is 4.78. The van der Waals surface area contributed by atoms with Gasteiger partial charge in [0.25, 0.3) is 0 Å². The third kappa shape index (κ3) is 2.97. The maximum Gasteiger partial charge on any atom is 0.376 e. The van der Waals surface area contributed by atoms with Crippen LogP contribution >= 0.6 is 11.6 Å². The van der Waals surface area contributed by atoms with Crippen LogP contribution in [0.2, 0.25) is 5.02 Å². The Bertz CT molecular complexity index is 1010. The molecule has 136 valence electrons. The van der Waals surface area contributed by atoms with Crippen molar-refractivity contribution in [1.29, 1.82) is 0 Å². The van der Waals surface area contributed by atoms with Crippen LogP contribution in [0, 0.1) is 13.8 Å². The van der Waals surface area contributed by atoms with Crippen molar-refractivity contribution in [2.45, 2.75) is 20.8 Å². The molecular formula is C19H19ClN2O4. The number of rotatable bonds is 4. The molecule has 6 nitrogen and oxygen atoms in total. The van der Waals surface area contributed by atoms with Crippen LogP contribution in [-0.2, 0) is 4.74 Å². The molecule has 0 amide bonds. The summed E-state index contributed by atoms with van der Waals surface area (Å²) in [5, 5.41) is 1.19. The first kappa shape index (κ1) is 18.1.